The first-order valence-electron chi connectivity index (χ1n) is 2.61. The van der Waals surface area contributed by atoms with Crippen molar-refractivity contribution >= 4 is 11.9 Å². The van der Waals surface area contributed by atoms with E-state index >= 15 is 0 Å². The number of hydrogen-bond donors (Lipinski definition) is 2. The van der Waals surface area contributed by atoms with Crippen LogP contribution in [0, 0.1) is 5.92 Å². The van der Waals surface area contributed by atoms with Crippen LogP contribution in [0.1, 0.15) is 6.92 Å². The first-order chi connectivity index (χ1) is 4.46. The topological polar surface area (TPSA) is 74.6 Å². The van der Waals surface area contributed by atoms with E-state index in [2.05, 4.69) is 6.58 Å². The third-order valence-corrected chi connectivity index (χ3v) is 1.17. The standard InChI is InChI=1S/C6H8O4.Zr/c1-3(5(7)8)4(2)6(9)10;/h4H,1H2,2H3,(H,7,8)(H,9,10);. The van der Waals surface area contributed by atoms with Gasteiger partial charge < -0.3 is 10.2 Å². The minimum absolute atomic E-state index is 0. The normalized spacial score (nSPS) is 11.0. The Morgan fingerprint density at radius 2 is 1.73 bits per heavy atom. The van der Waals surface area contributed by atoms with Gasteiger partial charge in [-0.25, -0.2) is 4.79 Å². The number of carbonyl (C=O) groups is 2. The van der Waals surface area contributed by atoms with Gasteiger partial charge in [-0.05, 0) is 6.92 Å². The average molecular weight is 235 g/mol. The molecule has 0 aromatic carbocycles. The largest absolute Gasteiger partial charge is 0.481 e. The first-order valence-corrected chi connectivity index (χ1v) is 2.61. The van der Waals surface area contributed by atoms with Gasteiger partial charge in [0.15, 0.2) is 0 Å². The molecule has 60 valence electrons. The zero-order valence-electron chi connectivity index (χ0n) is 6.00. The van der Waals surface area contributed by atoms with Gasteiger partial charge in [-0.15, -0.1) is 0 Å². The van der Waals surface area contributed by atoms with Gasteiger partial charge in [0, 0.05) is 31.8 Å². The van der Waals surface area contributed by atoms with Gasteiger partial charge >= 0.3 is 11.9 Å². The fraction of sp³-hybridized carbons (Fsp3) is 0.333. The molecule has 0 saturated carbocycles. The van der Waals surface area contributed by atoms with Crippen molar-refractivity contribution in [1.29, 1.82) is 0 Å². The second-order valence-corrected chi connectivity index (χ2v) is 1.89. The van der Waals surface area contributed by atoms with Gasteiger partial charge in [-0.2, -0.15) is 0 Å². The molecule has 0 radical (unpaired) electrons. The summed E-state index contributed by atoms with van der Waals surface area (Å²) in [4.78, 5) is 20.2. The fourth-order valence-electron chi connectivity index (χ4n) is 0.334. The molecule has 0 aliphatic rings. The third kappa shape index (κ3) is 4.09. The second kappa shape index (κ2) is 5.24. The summed E-state index contributed by atoms with van der Waals surface area (Å²) >= 11 is 0. The van der Waals surface area contributed by atoms with E-state index in [1.54, 1.807) is 0 Å². The Labute approximate surface area is 83.0 Å². The summed E-state index contributed by atoms with van der Waals surface area (Å²) in [6, 6.07) is 0. The molecule has 4 nitrogen and oxygen atoms in total. The minimum Gasteiger partial charge on any atom is -0.481 e. The summed E-state index contributed by atoms with van der Waals surface area (Å²) in [5.74, 6) is -3.46. The summed E-state index contributed by atoms with van der Waals surface area (Å²) in [5, 5.41) is 16.5. The average Bonchev–Trinajstić information content (AvgIpc) is 1.84. The van der Waals surface area contributed by atoms with E-state index < -0.39 is 17.9 Å². The van der Waals surface area contributed by atoms with Crippen LogP contribution in [0.5, 0.6) is 0 Å². The molecule has 0 bridgehead atoms. The number of hydrogen-bond acceptors (Lipinski definition) is 2. The first kappa shape index (κ1) is 13.2. The Bertz CT molecular complexity index is 187. The van der Waals surface area contributed by atoms with E-state index in [0.29, 0.717) is 0 Å². The molecule has 2 N–H and O–H groups in total. The maximum absolute atomic E-state index is 10.1. The van der Waals surface area contributed by atoms with Crippen LogP contribution in [0.2, 0.25) is 0 Å². The smallest absolute Gasteiger partial charge is 0.331 e. The van der Waals surface area contributed by atoms with Crippen molar-refractivity contribution in [2.45, 2.75) is 6.92 Å². The van der Waals surface area contributed by atoms with Crippen LogP contribution in [0.15, 0.2) is 12.2 Å². The molecule has 11 heavy (non-hydrogen) atoms. The number of rotatable bonds is 3. The maximum Gasteiger partial charge on any atom is 0.331 e. The van der Waals surface area contributed by atoms with Crippen LogP contribution in [0.25, 0.3) is 0 Å². The van der Waals surface area contributed by atoms with Crippen LogP contribution in [-0.2, 0) is 35.8 Å². The molecule has 1 unspecified atom stereocenters. The van der Waals surface area contributed by atoms with Gasteiger partial charge in [-0.1, -0.05) is 6.58 Å². The van der Waals surface area contributed by atoms with Crippen molar-refractivity contribution in [2.75, 3.05) is 0 Å². The van der Waals surface area contributed by atoms with Gasteiger partial charge in [0.2, 0.25) is 0 Å². The second-order valence-electron chi connectivity index (χ2n) is 1.89. The van der Waals surface area contributed by atoms with Gasteiger partial charge in [-0.3, -0.25) is 4.79 Å². The molecule has 0 aliphatic heterocycles. The van der Waals surface area contributed by atoms with Crippen molar-refractivity contribution in [1.82, 2.24) is 0 Å². The van der Waals surface area contributed by atoms with Gasteiger partial charge in [0.1, 0.15) is 0 Å². The molecule has 0 heterocycles. The molecule has 0 aromatic heterocycles. The number of aliphatic carboxylic acids is 2. The minimum atomic E-state index is -1.27. The molecule has 0 rings (SSSR count). The van der Waals surface area contributed by atoms with E-state index in [-0.39, 0.29) is 31.8 Å². The SMILES string of the molecule is C=C(C(=O)O)C(C)C(=O)O.[Zr]. The van der Waals surface area contributed by atoms with Crippen LogP contribution in [0.3, 0.4) is 0 Å². The molecule has 0 aliphatic carbocycles. The van der Waals surface area contributed by atoms with Crippen molar-refractivity contribution < 1.29 is 46.0 Å². The monoisotopic (exact) mass is 234 g/mol. The summed E-state index contributed by atoms with van der Waals surface area (Å²) in [6.45, 7) is 4.37. The molecule has 0 fully saturated rings. The van der Waals surface area contributed by atoms with Crippen LogP contribution in [-0.4, -0.2) is 22.2 Å². The molecule has 0 amide bonds. The van der Waals surface area contributed by atoms with Crippen molar-refractivity contribution in [3.8, 4) is 0 Å². The summed E-state index contributed by atoms with van der Waals surface area (Å²) in [6.07, 6.45) is 0. The molecule has 0 aromatic rings. The van der Waals surface area contributed by atoms with Crippen LogP contribution in [0.4, 0.5) is 0 Å². The van der Waals surface area contributed by atoms with Crippen LogP contribution >= 0.6 is 0 Å². The number of carboxylic acid groups (broad SMARTS) is 2. The molecule has 0 saturated heterocycles. The summed E-state index contributed by atoms with van der Waals surface area (Å²) in [5.41, 5.74) is -0.299. The van der Waals surface area contributed by atoms with E-state index in [4.69, 9.17) is 10.2 Å². The predicted octanol–water partition coefficient (Wildman–Crippen LogP) is 0.345. The zero-order chi connectivity index (χ0) is 8.31. The molecule has 0 spiro atoms. The summed E-state index contributed by atoms with van der Waals surface area (Å²) in [7, 11) is 0. The maximum atomic E-state index is 10.1. The van der Waals surface area contributed by atoms with E-state index in [1.807, 2.05) is 0 Å². The Hall–Kier alpha value is -0.437. The third-order valence-electron chi connectivity index (χ3n) is 1.17. The van der Waals surface area contributed by atoms with E-state index in [0.717, 1.165) is 0 Å². The van der Waals surface area contributed by atoms with E-state index in [1.165, 1.54) is 6.92 Å². The molecular weight excluding hydrogens is 227 g/mol. The van der Waals surface area contributed by atoms with Crippen molar-refractivity contribution in [3.05, 3.63) is 12.2 Å². The Balaban J connectivity index is 0. The predicted molar refractivity (Wildman–Crippen MR) is 33.6 cm³/mol. The zero-order valence-corrected chi connectivity index (χ0v) is 8.45. The van der Waals surface area contributed by atoms with Crippen LogP contribution < -0.4 is 0 Å². The van der Waals surface area contributed by atoms with Gasteiger partial charge in [0.05, 0.1) is 5.92 Å². The van der Waals surface area contributed by atoms with Crippen molar-refractivity contribution in [2.24, 2.45) is 5.92 Å². The van der Waals surface area contributed by atoms with Crippen molar-refractivity contribution in [3.63, 3.8) is 0 Å². The molecule has 1 atom stereocenters. The molecule has 5 heteroatoms. The fourth-order valence-corrected chi connectivity index (χ4v) is 0.334. The van der Waals surface area contributed by atoms with Gasteiger partial charge in [0.25, 0.3) is 0 Å². The molecular formula is C6H8O4Zr. The Morgan fingerprint density at radius 1 is 1.36 bits per heavy atom. The Kier molecular flexibility index (Phi) is 6.28. The quantitative estimate of drug-likeness (QED) is 0.692. The van der Waals surface area contributed by atoms with E-state index in [9.17, 15) is 9.59 Å². The number of carboxylic acids is 2. The summed E-state index contributed by atoms with van der Waals surface area (Å²) < 4.78 is 0. The Morgan fingerprint density at radius 3 is 1.82 bits per heavy atom.